The highest BCUT2D eigenvalue weighted by atomic mass is 16.6. The topological polar surface area (TPSA) is 132 Å². The smallest absolute Gasteiger partial charge is 0.309 e. The molecule has 0 heterocycles. The predicted octanol–water partition coefficient (Wildman–Crippen LogP) is -0.0923. The highest BCUT2D eigenvalue weighted by Gasteiger charge is 2.39. The number of esters is 5. The SMILES string of the molecule is COC(=O)C[C@@H](OC(C)=O)[C@H](OC(C)=O)[C@@H](COC(C)=O)OC(C)=O. The molecule has 0 aliphatic rings. The second-order valence-electron chi connectivity index (χ2n) is 4.95. The summed E-state index contributed by atoms with van der Waals surface area (Å²) in [6, 6.07) is 0. The fourth-order valence-corrected chi connectivity index (χ4v) is 1.88. The van der Waals surface area contributed by atoms with E-state index in [-0.39, 0.29) is 0 Å². The van der Waals surface area contributed by atoms with Gasteiger partial charge < -0.3 is 23.7 Å². The predicted molar refractivity (Wildman–Crippen MR) is 79.9 cm³/mol. The van der Waals surface area contributed by atoms with Gasteiger partial charge in [-0.15, -0.1) is 0 Å². The van der Waals surface area contributed by atoms with Crippen LogP contribution in [-0.2, 0) is 47.7 Å². The molecule has 25 heavy (non-hydrogen) atoms. The molecule has 0 aromatic heterocycles. The zero-order valence-electron chi connectivity index (χ0n) is 14.7. The van der Waals surface area contributed by atoms with Gasteiger partial charge in [-0.3, -0.25) is 24.0 Å². The van der Waals surface area contributed by atoms with E-state index >= 15 is 0 Å². The molecule has 10 heteroatoms. The Morgan fingerprint density at radius 2 is 1.20 bits per heavy atom. The molecule has 0 fully saturated rings. The first-order chi connectivity index (χ1) is 11.6. The van der Waals surface area contributed by atoms with E-state index in [0.29, 0.717) is 0 Å². The summed E-state index contributed by atoms with van der Waals surface area (Å²) in [6.45, 7) is 3.91. The number of ether oxygens (including phenoxy) is 5. The minimum absolute atomic E-state index is 0.466. The molecule has 3 atom stereocenters. The molecule has 142 valence electrons. The van der Waals surface area contributed by atoms with Gasteiger partial charge in [-0.2, -0.15) is 0 Å². The van der Waals surface area contributed by atoms with E-state index in [4.69, 9.17) is 18.9 Å². The van der Waals surface area contributed by atoms with E-state index in [9.17, 15) is 24.0 Å². The van der Waals surface area contributed by atoms with Gasteiger partial charge in [0.2, 0.25) is 0 Å². The van der Waals surface area contributed by atoms with Crippen molar-refractivity contribution in [2.45, 2.75) is 52.4 Å². The third-order valence-corrected chi connectivity index (χ3v) is 2.72. The van der Waals surface area contributed by atoms with Gasteiger partial charge in [0.05, 0.1) is 13.5 Å². The van der Waals surface area contributed by atoms with E-state index in [1.54, 1.807) is 0 Å². The summed E-state index contributed by atoms with van der Waals surface area (Å²) in [5, 5.41) is 0. The highest BCUT2D eigenvalue weighted by Crippen LogP contribution is 2.18. The van der Waals surface area contributed by atoms with Gasteiger partial charge in [0.15, 0.2) is 18.3 Å². The van der Waals surface area contributed by atoms with Crippen LogP contribution >= 0.6 is 0 Å². The number of carbonyl (C=O) groups is 5. The van der Waals surface area contributed by atoms with Crippen molar-refractivity contribution in [3.8, 4) is 0 Å². The van der Waals surface area contributed by atoms with Gasteiger partial charge in [0.1, 0.15) is 6.61 Å². The standard InChI is InChI=1S/C15H22O10/c1-8(16)22-7-13(24-10(3)18)15(25-11(4)19)12(23-9(2)17)6-14(20)21-5/h12-13,15H,6-7H2,1-5H3/t12-,13-,15+/m1/s1. The first-order valence-corrected chi connectivity index (χ1v) is 7.28. The molecule has 0 saturated carbocycles. The van der Waals surface area contributed by atoms with Crippen molar-refractivity contribution in [1.82, 2.24) is 0 Å². The summed E-state index contributed by atoms with van der Waals surface area (Å²) >= 11 is 0. The minimum atomic E-state index is -1.39. The molecule has 0 aromatic carbocycles. The number of methoxy groups -OCH3 is 1. The molecule has 0 N–H and O–H groups in total. The summed E-state index contributed by atoms with van der Waals surface area (Å²) in [4.78, 5) is 56.6. The summed E-state index contributed by atoms with van der Waals surface area (Å²) in [7, 11) is 1.12. The Labute approximate surface area is 144 Å². The van der Waals surface area contributed by atoms with Crippen molar-refractivity contribution < 1.29 is 47.7 Å². The van der Waals surface area contributed by atoms with Crippen molar-refractivity contribution in [3.05, 3.63) is 0 Å². The lowest BCUT2D eigenvalue weighted by atomic mass is 10.0. The van der Waals surface area contributed by atoms with Crippen LogP contribution in [0.25, 0.3) is 0 Å². The van der Waals surface area contributed by atoms with Crippen LogP contribution in [0.2, 0.25) is 0 Å². The number of rotatable bonds is 9. The highest BCUT2D eigenvalue weighted by molar-refractivity contribution is 5.72. The molecule has 0 rings (SSSR count). The average molecular weight is 362 g/mol. The molecule has 0 aliphatic heterocycles. The first-order valence-electron chi connectivity index (χ1n) is 7.28. The molecule has 0 aliphatic carbocycles. The first kappa shape index (κ1) is 22.4. The average Bonchev–Trinajstić information content (AvgIpc) is 2.47. The van der Waals surface area contributed by atoms with Gasteiger partial charge in [0, 0.05) is 27.7 Å². The minimum Gasteiger partial charge on any atom is -0.469 e. The van der Waals surface area contributed by atoms with Crippen LogP contribution in [0.4, 0.5) is 0 Å². The van der Waals surface area contributed by atoms with E-state index in [1.165, 1.54) is 0 Å². The summed E-state index contributed by atoms with van der Waals surface area (Å²) in [5.74, 6) is -3.73. The molecule has 0 amide bonds. The van der Waals surface area contributed by atoms with Gasteiger partial charge in [-0.25, -0.2) is 0 Å². The van der Waals surface area contributed by atoms with Crippen LogP contribution in [-0.4, -0.2) is 61.9 Å². The Bertz CT molecular complexity index is 512. The third-order valence-electron chi connectivity index (χ3n) is 2.72. The van der Waals surface area contributed by atoms with Gasteiger partial charge in [-0.1, -0.05) is 0 Å². The zero-order valence-corrected chi connectivity index (χ0v) is 14.7. The molecule has 0 unspecified atom stereocenters. The summed E-state index contributed by atoms with van der Waals surface area (Å²) in [5.41, 5.74) is 0. The second-order valence-corrected chi connectivity index (χ2v) is 4.95. The van der Waals surface area contributed by atoms with Crippen LogP contribution in [0.15, 0.2) is 0 Å². The van der Waals surface area contributed by atoms with Crippen molar-refractivity contribution in [2.75, 3.05) is 13.7 Å². The lowest BCUT2D eigenvalue weighted by Gasteiger charge is -2.31. The molecular weight excluding hydrogens is 340 g/mol. The summed E-state index contributed by atoms with van der Waals surface area (Å²) in [6.07, 6.45) is -4.46. The monoisotopic (exact) mass is 362 g/mol. The maximum atomic E-state index is 11.6. The van der Waals surface area contributed by atoms with Crippen LogP contribution in [0, 0.1) is 0 Å². The summed E-state index contributed by atoms with van der Waals surface area (Å²) < 4.78 is 24.4. The molecule has 0 bridgehead atoms. The quantitative estimate of drug-likeness (QED) is 0.405. The number of hydrogen-bond acceptors (Lipinski definition) is 10. The van der Waals surface area contributed by atoms with E-state index in [2.05, 4.69) is 4.74 Å². The van der Waals surface area contributed by atoms with Crippen molar-refractivity contribution >= 4 is 29.8 Å². The van der Waals surface area contributed by atoms with Crippen LogP contribution in [0.3, 0.4) is 0 Å². The lowest BCUT2D eigenvalue weighted by Crippen LogP contribution is -2.48. The molecule has 0 radical (unpaired) electrons. The normalized spacial score (nSPS) is 13.6. The molecule has 0 saturated heterocycles. The van der Waals surface area contributed by atoms with E-state index in [1.807, 2.05) is 0 Å². The fourth-order valence-electron chi connectivity index (χ4n) is 1.88. The van der Waals surface area contributed by atoms with Gasteiger partial charge >= 0.3 is 29.8 Å². The van der Waals surface area contributed by atoms with Crippen molar-refractivity contribution in [2.24, 2.45) is 0 Å². The van der Waals surface area contributed by atoms with Gasteiger partial charge in [-0.05, 0) is 0 Å². The van der Waals surface area contributed by atoms with Crippen molar-refractivity contribution in [1.29, 1.82) is 0 Å². The van der Waals surface area contributed by atoms with E-state index in [0.717, 1.165) is 34.8 Å². The van der Waals surface area contributed by atoms with Crippen LogP contribution in [0.5, 0.6) is 0 Å². The Morgan fingerprint density at radius 3 is 1.60 bits per heavy atom. The maximum Gasteiger partial charge on any atom is 0.309 e. The molecule has 10 nitrogen and oxygen atoms in total. The molecule has 0 aromatic rings. The van der Waals surface area contributed by atoms with Crippen LogP contribution in [0.1, 0.15) is 34.1 Å². The van der Waals surface area contributed by atoms with Crippen molar-refractivity contribution in [3.63, 3.8) is 0 Å². The molecular formula is C15H22O10. The maximum absolute atomic E-state index is 11.6. The largest absolute Gasteiger partial charge is 0.469 e. The molecule has 0 spiro atoms. The fraction of sp³-hybridized carbons (Fsp3) is 0.667. The third kappa shape index (κ3) is 9.95. The Kier molecular flexibility index (Phi) is 9.83. The Balaban J connectivity index is 5.64. The Morgan fingerprint density at radius 1 is 0.720 bits per heavy atom. The Hall–Kier alpha value is -2.65. The number of hydrogen-bond donors (Lipinski definition) is 0. The second kappa shape index (κ2) is 11.0. The van der Waals surface area contributed by atoms with Gasteiger partial charge in [0.25, 0.3) is 0 Å². The number of carbonyl (C=O) groups excluding carboxylic acids is 5. The van der Waals surface area contributed by atoms with Crippen LogP contribution < -0.4 is 0 Å². The lowest BCUT2D eigenvalue weighted by molar-refractivity contribution is -0.191. The zero-order chi connectivity index (χ0) is 19.6. The van der Waals surface area contributed by atoms with E-state index < -0.39 is 61.2 Å².